The molecule has 0 aliphatic heterocycles. The summed E-state index contributed by atoms with van der Waals surface area (Å²) in [5, 5.41) is 22.6. The van der Waals surface area contributed by atoms with E-state index in [2.05, 4.69) is 61.5 Å². The maximum atomic E-state index is 11.7. The Morgan fingerprint density at radius 1 is 0.781 bits per heavy atom. The van der Waals surface area contributed by atoms with Crippen molar-refractivity contribution in [1.82, 2.24) is 0 Å². The van der Waals surface area contributed by atoms with Gasteiger partial charge in [-0.1, -0.05) is 67.0 Å². The smallest absolute Gasteiger partial charge is 0.0608 e. The van der Waals surface area contributed by atoms with Gasteiger partial charge in [0.25, 0.3) is 0 Å². The van der Waals surface area contributed by atoms with Crippen LogP contribution < -0.4 is 0 Å². The van der Waals surface area contributed by atoms with Gasteiger partial charge in [0.05, 0.1) is 12.2 Å². The quantitative estimate of drug-likeness (QED) is 0.397. The fourth-order valence-corrected chi connectivity index (χ4v) is 10.9. The molecular formula is C30H50O2. The number of rotatable bonds is 0. The summed E-state index contributed by atoms with van der Waals surface area (Å²) in [5.41, 5.74) is 2.34. The minimum absolute atomic E-state index is 0.00278. The van der Waals surface area contributed by atoms with Gasteiger partial charge in [-0.15, -0.1) is 0 Å². The summed E-state index contributed by atoms with van der Waals surface area (Å²) in [5.74, 6) is 3.13. The standard InChI is InChI=1S/C30H50O2/c1-18-11-14-28(6)24(32)17-30(8)20(25(28)19(18)2)9-10-22-27(5)15-13-23(31)26(3,4)21(27)12-16-29(22,30)7/h9,18-19,21-25,31-32H,10-17H2,1-8H3/t18?,19-,21?,22?,23+,24-,25?,27-,28+,29+,30?/m0/s1. The summed E-state index contributed by atoms with van der Waals surface area (Å²) < 4.78 is 0. The van der Waals surface area contributed by atoms with Gasteiger partial charge in [-0.3, -0.25) is 0 Å². The Labute approximate surface area is 197 Å². The molecule has 0 spiro atoms. The van der Waals surface area contributed by atoms with Crippen LogP contribution in [0.3, 0.4) is 0 Å². The Morgan fingerprint density at radius 2 is 1.44 bits per heavy atom. The Morgan fingerprint density at radius 3 is 2.12 bits per heavy atom. The zero-order valence-corrected chi connectivity index (χ0v) is 22.2. The van der Waals surface area contributed by atoms with Gasteiger partial charge in [0.1, 0.15) is 0 Å². The van der Waals surface area contributed by atoms with Crippen molar-refractivity contribution in [2.75, 3.05) is 0 Å². The molecule has 0 saturated heterocycles. The SMILES string of the molecule is CC1CC[C@@]2(C)C(C3=CCC4[C@@]5(C)CC[C@@H](O)C(C)(C)C5CC[C@@]4(C)C3(C)C[C@@H]2O)[C@H]1C. The van der Waals surface area contributed by atoms with Gasteiger partial charge in [0, 0.05) is 5.41 Å². The predicted molar refractivity (Wildman–Crippen MR) is 132 cm³/mol. The molecule has 2 N–H and O–H groups in total. The van der Waals surface area contributed by atoms with E-state index >= 15 is 0 Å². The molecule has 2 heteroatoms. The highest BCUT2D eigenvalue weighted by Gasteiger charge is 2.69. The average Bonchev–Trinajstić information content (AvgIpc) is 2.70. The molecule has 0 aromatic rings. The Balaban J connectivity index is 1.61. The van der Waals surface area contributed by atoms with Crippen molar-refractivity contribution in [1.29, 1.82) is 0 Å². The molecule has 2 nitrogen and oxygen atoms in total. The summed E-state index contributed by atoms with van der Waals surface area (Å²) in [7, 11) is 0. The molecule has 4 saturated carbocycles. The van der Waals surface area contributed by atoms with Crippen molar-refractivity contribution in [3.63, 3.8) is 0 Å². The van der Waals surface area contributed by atoms with E-state index in [0.29, 0.717) is 23.7 Å². The molecule has 5 aliphatic carbocycles. The van der Waals surface area contributed by atoms with Crippen LogP contribution in [-0.4, -0.2) is 22.4 Å². The van der Waals surface area contributed by atoms with Crippen LogP contribution >= 0.6 is 0 Å². The van der Waals surface area contributed by atoms with Crippen molar-refractivity contribution in [2.24, 2.45) is 56.7 Å². The van der Waals surface area contributed by atoms with E-state index in [-0.39, 0.29) is 39.3 Å². The lowest BCUT2D eigenvalue weighted by Gasteiger charge is -2.72. The van der Waals surface area contributed by atoms with Gasteiger partial charge in [-0.2, -0.15) is 0 Å². The minimum Gasteiger partial charge on any atom is -0.393 e. The van der Waals surface area contributed by atoms with Crippen molar-refractivity contribution in [2.45, 2.75) is 119 Å². The van der Waals surface area contributed by atoms with Crippen LogP contribution in [0.4, 0.5) is 0 Å². The lowest BCUT2D eigenvalue weighted by molar-refractivity contribution is -0.215. The lowest BCUT2D eigenvalue weighted by atomic mass is 9.33. The van der Waals surface area contributed by atoms with Crippen LogP contribution in [0.5, 0.6) is 0 Å². The number of fused-ring (bicyclic) bond motifs is 7. The van der Waals surface area contributed by atoms with Crippen molar-refractivity contribution in [3.8, 4) is 0 Å². The van der Waals surface area contributed by atoms with Gasteiger partial charge in [0.15, 0.2) is 0 Å². The first-order valence-corrected chi connectivity index (χ1v) is 13.8. The van der Waals surface area contributed by atoms with Gasteiger partial charge in [0.2, 0.25) is 0 Å². The van der Waals surface area contributed by atoms with E-state index < -0.39 is 0 Å². The van der Waals surface area contributed by atoms with E-state index in [4.69, 9.17) is 0 Å². The second kappa shape index (κ2) is 6.87. The average molecular weight is 443 g/mol. The summed E-state index contributed by atoms with van der Waals surface area (Å²) in [6.07, 6.45) is 11.4. The first-order valence-electron chi connectivity index (χ1n) is 13.8. The maximum Gasteiger partial charge on any atom is 0.0608 e. The number of hydrogen-bond acceptors (Lipinski definition) is 2. The molecule has 0 heterocycles. The molecule has 5 rings (SSSR count). The van der Waals surface area contributed by atoms with Crippen molar-refractivity contribution in [3.05, 3.63) is 11.6 Å². The molecule has 32 heavy (non-hydrogen) atoms. The molecule has 4 fully saturated rings. The van der Waals surface area contributed by atoms with Gasteiger partial charge >= 0.3 is 0 Å². The topological polar surface area (TPSA) is 40.5 Å². The molecule has 5 aliphatic rings. The molecule has 0 amide bonds. The first-order chi connectivity index (χ1) is 14.7. The highest BCUT2D eigenvalue weighted by molar-refractivity contribution is 5.35. The van der Waals surface area contributed by atoms with Crippen LogP contribution in [0.15, 0.2) is 11.6 Å². The third-order valence-corrected chi connectivity index (χ3v) is 13.5. The van der Waals surface area contributed by atoms with Crippen molar-refractivity contribution >= 4 is 0 Å². The van der Waals surface area contributed by atoms with E-state index in [1.54, 1.807) is 5.57 Å². The molecule has 5 unspecified atom stereocenters. The summed E-state index contributed by atoms with van der Waals surface area (Å²) >= 11 is 0. The van der Waals surface area contributed by atoms with Crippen LogP contribution in [0.1, 0.15) is 107 Å². The molecule has 11 atom stereocenters. The number of allylic oxidation sites excluding steroid dienone is 2. The molecule has 0 aromatic carbocycles. The first kappa shape index (κ1) is 23.4. The largest absolute Gasteiger partial charge is 0.393 e. The summed E-state index contributed by atoms with van der Waals surface area (Å²) in [6, 6.07) is 0. The van der Waals surface area contributed by atoms with E-state index in [1.165, 1.54) is 32.1 Å². The Bertz CT molecular complexity index is 814. The molecule has 0 radical (unpaired) electrons. The second-order valence-corrected chi connectivity index (χ2v) is 14.7. The molecule has 0 bridgehead atoms. The molecule has 0 aromatic heterocycles. The van der Waals surface area contributed by atoms with Gasteiger partial charge in [-0.25, -0.2) is 0 Å². The Kier molecular flexibility index (Phi) is 5.02. The zero-order chi connectivity index (χ0) is 23.5. The monoisotopic (exact) mass is 442 g/mol. The van der Waals surface area contributed by atoms with Crippen LogP contribution in [0, 0.1) is 56.7 Å². The fraction of sp³-hybridized carbons (Fsp3) is 0.933. The van der Waals surface area contributed by atoms with E-state index in [0.717, 1.165) is 25.2 Å². The van der Waals surface area contributed by atoms with Gasteiger partial charge < -0.3 is 10.2 Å². The highest BCUT2D eigenvalue weighted by Crippen LogP contribution is 2.75. The molecular weight excluding hydrogens is 392 g/mol. The number of aliphatic hydroxyl groups is 2. The summed E-state index contributed by atoms with van der Waals surface area (Å²) in [4.78, 5) is 0. The second-order valence-electron chi connectivity index (χ2n) is 14.7. The third-order valence-electron chi connectivity index (χ3n) is 13.5. The normalized spacial score (nSPS) is 59.2. The zero-order valence-electron chi connectivity index (χ0n) is 22.2. The predicted octanol–water partition coefficient (Wildman–Crippen LogP) is 7.00. The Hall–Kier alpha value is -0.340. The molecule has 182 valence electrons. The van der Waals surface area contributed by atoms with Gasteiger partial charge in [-0.05, 0) is 103 Å². The van der Waals surface area contributed by atoms with Crippen LogP contribution in [0.2, 0.25) is 0 Å². The van der Waals surface area contributed by atoms with E-state index in [1.807, 2.05) is 0 Å². The van der Waals surface area contributed by atoms with Crippen LogP contribution in [0.25, 0.3) is 0 Å². The van der Waals surface area contributed by atoms with Crippen molar-refractivity contribution < 1.29 is 10.2 Å². The number of hydrogen-bond donors (Lipinski definition) is 2. The fourth-order valence-electron chi connectivity index (χ4n) is 10.9. The number of aliphatic hydroxyl groups excluding tert-OH is 2. The van der Waals surface area contributed by atoms with E-state index in [9.17, 15) is 10.2 Å². The van der Waals surface area contributed by atoms with Crippen LogP contribution in [-0.2, 0) is 0 Å². The lowest BCUT2D eigenvalue weighted by Crippen LogP contribution is -2.66. The maximum absolute atomic E-state index is 11.7. The summed E-state index contributed by atoms with van der Waals surface area (Å²) in [6.45, 7) is 19.7. The highest BCUT2D eigenvalue weighted by atomic mass is 16.3. The third kappa shape index (κ3) is 2.61. The minimum atomic E-state index is -0.199.